The van der Waals surface area contributed by atoms with E-state index >= 15 is 0 Å². The first-order valence-corrected chi connectivity index (χ1v) is 9.76. The zero-order valence-electron chi connectivity index (χ0n) is 13.0. The molecular formula is C14H25N3O2S2. The molecule has 0 aromatic carbocycles. The summed E-state index contributed by atoms with van der Waals surface area (Å²) in [5.41, 5.74) is 6.60. The number of rotatable bonds is 5. The van der Waals surface area contributed by atoms with Gasteiger partial charge in [0.1, 0.15) is 4.90 Å². The Kier molecular flexibility index (Phi) is 5.07. The molecule has 0 unspecified atom stereocenters. The lowest BCUT2D eigenvalue weighted by molar-refractivity contribution is 0.387. The van der Waals surface area contributed by atoms with E-state index in [1.54, 1.807) is 16.6 Å². The summed E-state index contributed by atoms with van der Waals surface area (Å²) in [4.78, 5) is 0.374. The summed E-state index contributed by atoms with van der Waals surface area (Å²) in [7, 11) is -3.42. The molecule has 7 heteroatoms. The summed E-state index contributed by atoms with van der Waals surface area (Å²) in [6.07, 6.45) is 2.68. The molecule has 0 amide bonds. The third-order valence-corrected chi connectivity index (χ3v) is 6.77. The van der Waals surface area contributed by atoms with Gasteiger partial charge in [-0.1, -0.05) is 6.92 Å². The van der Waals surface area contributed by atoms with Crippen molar-refractivity contribution in [3.8, 4) is 0 Å². The maximum absolute atomic E-state index is 12.8. The maximum atomic E-state index is 12.8. The molecule has 5 nitrogen and oxygen atoms in total. The van der Waals surface area contributed by atoms with Crippen molar-refractivity contribution in [3.63, 3.8) is 0 Å². The Morgan fingerprint density at radius 2 is 2.14 bits per heavy atom. The minimum Gasteiger partial charge on any atom is -0.349 e. The molecule has 21 heavy (non-hydrogen) atoms. The van der Waals surface area contributed by atoms with Crippen LogP contribution < -0.4 is 5.73 Å². The van der Waals surface area contributed by atoms with E-state index in [0.717, 1.165) is 24.4 Å². The lowest BCUT2D eigenvalue weighted by atomic mass is 10.2. The van der Waals surface area contributed by atoms with Gasteiger partial charge in [0.05, 0.1) is 0 Å². The highest BCUT2D eigenvalue weighted by Gasteiger charge is 2.35. The quantitative estimate of drug-likeness (QED) is 0.894. The maximum Gasteiger partial charge on any atom is 0.244 e. The molecule has 1 fully saturated rings. The molecule has 0 atom stereocenters. The second-order valence-electron chi connectivity index (χ2n) is 6.01. The van der Waals surface area contributed by atoms with Gasteiger partial charge in [-0.15, -0.1) is 0 Å². The lowest BCUT2D eigenvalue weighted by Gasteiger charge is -2.36. The van der Waals surface area contributed by atoms with E-state index in [9.17, 15) is 8.42 Å². The van der Waals surface area contributed by atoms with Gasteiger partial charge in [0.25, 0.3) is 0 Å². The van der Waals surface area contributed by atoms with Gasteiger partial charge < -0.3 is 10.3 Å². The predicted octanol–water partition coefficient (Wildman–Crippen LogP) is 1.87. The van der Waals surface area contributed by atoms with Crippen molar-refractivity contribution in [2.24, 2.45) is 5.73 Å². The molecular weight excluding hydrogens is 306 g/mol. The Morgan fingerprint density at radius 3 is 2.71 bits per heavy atom. The largest absolute Gasteiger partial charge is 0.349 e. The molecule has 1 aliphatic heterocycles. The second-order valence-corrected chi connectivity index (χ2v) is 9.75. The highest BCUT2D eigenvalue weighted by atomic mass is 32.2. The SMILES string of the molecule is CCCn1cc(S(=O)(=O)N2CCSC(C)(C)C2)cc1CN. The van der Waals surface area contributed by atoms with Gasteiger partial charge in [0, 0.05) is 48.6 Å². The Balaban J connectivity index is 2.31. The number of sulfonamides is 1. The van der Waals surface area contributed by atoms with Gasteiger partial charge in [-0.05, 0) is 26.3 Å². The molecule has 0 spiro atoms. The monoisotopic (exact) mass is 331 g/mol. The number of hydrogen-bond donors (Lipinski definition) is 1. The van der Waals surface area contributed by atoms with Crippen molar-refractivity contribution in [1.29, 1.82) is 0 Å². The minimum atomic E-state index is -3.42. The van der Waals surface area contributed by atoms with Crippen LogP contribution in [0, 0.1) is 0 Å². The molecule has 2 heterocycles. The first kappa shape index (κ1) is 16.9. The van der Waals surface area contributed by atoms with Crippen LogP contribution in [0.15, 0.2) is 17.2 Å². The first-order valence-electron chi connectivity index (χ1n) is 7.33. The predicted molar refractivity (Wildman–Crippen MR) is 87.9 cm³/mol. The van der Waals surface area contributed by atoms with Crippen LogP contribution in [-0.2, 0) is 23.1 Å². The molecule has 1 saturated heterocycles. The Labute approximate surface area is 131 Å². The van der Waals surface area contributed by atoms with Crippen molar-refractivity contribution < 1.29 is 8.42 Å². The molecule has 2 N–H and O–H groups in total. The van der Waals surface area contributed by atoms with Crippen LogP contribution in [0.25, 0.3) is 0 Å². The van der Waals surface area contributed by atoms with E-state index in [1.165, 1.54) is 0 Å². The van der Waals surface area contributed by atoms with E-state index in [2.05, 4.69) is 20.8 Å². The van der Waals surface area contributed by atoms with Crippen molar-refractivity contribution in [1.82, 2.24) is 8.87 Å². The smallest absolute Gasteiger partial charge is 0.244 e. The number of aryl methyl sites for hydroxylation is 1. The van der Waals surface area contributed by atoms with E-state index < -0.39 is 10.0 Å². The molecule has 0 radical (unpaired) electrons. The molecule has 120 valence electrons. The molecule has 0 bridgehead atoms. The molecule has 0 saturated carbocycles. The Bertz CT molecular complexity index is 593. The average molecular weight is 332 g/mol. The standard InChI is InChI=1S/C14H25N3O2S2/c1-4-5-16-10-13(8-12(16)9-15)21(18,19)17-6-7-20-14(2,3)11-17/h8,10H,4-7,9,11,15H2,1-3H3. The van der Waals surface area contributed by atoms with Crippen molar-refractivity contribution in [2.45, 2.75) is 49.9 Å². The molecule has 1 aliphatic rings. The van der Waals surface area contributed by atoms with E-state index in [0.29, 0.717) is 24.5 Å². The molecule has 2 rings (SSSR count). The van der Waals surface area contributed by atoms with Crippen LogP contribution in [0.5, 0.6) is 0 Å². The highest BCUT2D eigenvalue weighted by molar-refractivity contribution is 8.00. The molecule has 1 aromatic rings. The minimum absolute atomic E-state index is 0.0337. The lowest BCUT2D eigenvalue weighted by Crippen LogP contribution is -2.45. The van der Waals surface area contributed by atoms with Crippen LogP contribution in [0.4, 0.5) is 0 Å². The van der Waals surface area contributed by atoms with Crippen LogP contribution in [0.1, 0.15) is 32.9 Å². The van der Waals surface area contributed by atoms with E-state index in [1.807, 2.05) is 16.3 Å². The highest BCUT2D eigenvalue weighted by Crippen LogP contribution is 2.32. The number of hydrogen-bond acceptors (Lipinski definition) is 4. The first-order chi connectivity index (χ1) is 9.80. The van der Waals surface area contributed by atoms with Crippen molar-refractivity contribution in [2.75, 3.05) is 18.8 Å². The van der Waals surface area contributed by atoms with Crippen LogP contribution in [0.2, 0.25) is 0 Å². The van der Waals surface area contributed by atoms with Gasteiger partial charge >= 0.3 is 0 Å². The summed E-state index contributed by atoms with van der Waals surface area (Å²) < 4.78 is 29.2. The topological polar surface area (TPSA) is 68.3 Å². The molecule has 0 aliphatic carbocycles. The molecule has 1 aromatic heterocycles. The zero-order valence-corrected chi connectivity index (χ0v) is 14.6. The van der Waals surface area contributed by atoms with Gasteiger partial charge in [-0.3, -0.25) is 0 Å². The summed E-state index contributed by atoms with van der Waals surface area (Å²) in [6.45, 7) is 8.53. The summed E-state index contributed by atoms with van der Waals surface area (Å²) in [6, 6.07) is 1.72. The average Bonchev–Trinajstić information content (AvgIpc) is 2.82. The van der Waals surface area contributed by atoms with E-state index in [4.69, 9.17) is 5.73 Å². The Hall–Kier alpha value is -0.500. The number of nitrogens with zero attached hydrogens (tertiary/aromatic N) is 2. The van der Waals surface area contributed by atoms with Crippen LogP contribution >= 0.6 is 11.8 Å². The van der Waals surface area contributed by atoms with Crippen LogP contribution in [-0.4, -0.2) is 40.9 Å². The van der Waals surface area contributed by atoms with Gasteiger partial charge in [-0.25, -0.2) is 8.42 Å². The number of nitrogens with two attached hydrogens (primary N) is 1. The van der Waals surface area contributed by atoms with Crippen molar-refractivity contribution in [3.05, 3.63) is 18.0 Å². The zero-order chi connectivity index (χ0) is 15.7. The van der Waals surface area contributed by atoms with Crippen LogP contribution in [0.3, 0.4) is 0 Å². The van der Waals surface area contributed by atoms with E-state index in [-0.39, 0.29) is 4.75 Å². The van der Waals surface area contributed by atoms with Gasteiger partial charge in [0.15, 0.2) is 0 Å². The fourth-order valence-corrected chi connectivity index (χ4v) is 5.59. The second kappa shape index (κ2) is 6.32. The third-order valence-electron chi connectivity index (χ3n) is 3.66. The summed E-state index contributed by atoms with van der Waals surface area (Å²) >= 11 is 1.83. The summed E-state index contributed by atoms with van der Waals surface area (Å²) in [5.74, 6) is 0.839. The van der Waals surface area contributed by atoms with Gasteiger partial charge in [0.2, 0.25) is 10.0 Å². The number of aromatic nitrogens is 1. The third kappa shape index (κ3) is 3.64. The number of thioether (sulfide) groups is 1. The fraction of sp³-hybridized carbons (Fsp3) is 0.714. The fourth-order valence-electron chi connectivity index (χ4n) is 2.61. The Morgan fingerprint density at radius 1 is 1.43 bits per heavy atom. The normalized spacial score (nSPS) is 19.8. The van der Waals surface area contributed by atoms with Crippen molar-refractivity contribution >= 4 is 21.8 Å². The van der Waals surface area contributed by atoms with Gasteiger partial charge in [-0.2, -0.15) is 16.1 Å². The summed E-state index contributed by atoms with van der Waals surface area (Å²) in [5, 5.41) is 0.